The van der Waals surface area contributed by atoms with Gasteiger partial charge in [-0.2, -0.15) is 0 Å². The van der Waals surface area contributed by atoms with E-state index in [9.17, 15) is 9.18 Å². The molecule has 0 fully saturated rings. The lowest BCUT2D eigenvalue weighted by molar-refractivity contribution is 0.100. The number of halogens is 1. The van der Waals surface area contributed by atoms with E-state index >= 15 is 0 Å². The Kier molecular flexibility index (Phi) is 3.33. The van der Waals surface area contributed by atoms with Gasteiger partial charge in [-0.25, -0.2) is 9.37 Å². The minimum Gasteiger partial charge on any atom is -0.397 e. The molecule has 0 atom stereocenters. The molecule has 5 nitrogen and oxygen atoms in total. The van der Waals surface area contributed by atoms with Crippen molar-refractivity contribution in [1.29, 1.82) is 0 Å². The van der Waals surface area contributed by atoms with Crippen LogP contribution in [0.25, 0.3) is 0 Å². The SMILES string of the molecule is CN(c1ccc(F)cc1)c1ncc(N)cc1C(N)=O. The molecule has 0 aliphatic rings. The van der Waals surface area contributed by atoms with Crippen LogP contribution in [0, 0.1) is 5.82 Å². The molecule has 2 rings (SSSR count). The van der Waals surface area contributed by atoms with Crippen LogP contribution in [0.1, 0.15) is 10.4 Å². The molecule has 19 heavy (non-hydrogen) atoms. The van der Waals surface area contributed by atoms with Gasteiger partial charge < -0.3 is 16.4 Å². The largest absolute Gasteiger partial charge is 0.397 e. The van der Waals surface area contributed by atoms with Crippen LogP contribution in [0.4, 0.5) is 21.6 Å². The maximum Gasteiger partial charge on any atom is 0.252 e. The number of carbonyl (C=O) groups is 1. The molecule has 1 heterocycles. The van der Waals surface area contributed by atoms with Crippen LogP contribution in [-0.4, -0.2) is 17.9 Å². The van der Waals surface area contributed by atoms with Crippen molar-refractivity contribution in [1.82, 2.24) is 4.98 Å². The molecule has 98 valence electrons. The van der Waals surface area contributed by atoms with Gasteiger partial charge in [0.2, 0.25) is 0 Å². The Labute approximate surface area is 109 Å². The van der Waals surface area contributed by atoms with Crippen molar-refractivity contribution in [3.05, 3.63) is 47.9 Å². The van der Waals surface area contributed by atoms with E-state index in [4.69, 9.17) is 11.5 Å². The molecule has 4 N–H and O–H groups in total. The van der Waals surface area contributed by atoms with Crippen LogP contribution in [-0.2, 0) is 0 Å². The van der Waals surface area contributed by atoms with E-state index < -0.39 is 5.91 Å². The van der Waals surface area contributed by atoms with E-state index in [-0.39, 0.29) is 11.4 Å². The first-order valence-electron chi connectivity index (χ1n) is 5.53. The molecule has 1 aromatic heterocycles. The second-order valence-electron chi connectivity index (χ2n) is 4.04. The number of aromatic nitrogens is 1. The molecule has 0 unspecified atom stereocenters. The molecule has 2 aromatic rings. The minimum atomic E-state index is -0.622. The van der Waals surface area contributed by atoms with Crippen molar-refractivity contribution in [3.63, 3.8) is 0 Å². The first-order valence-corrected chi connectivity index (χ1v) is 5.53. The van der Waals surface area contributed by atoms with Crippen molar-refractivity contribution in [3.8, 4) is 0 Å². The maximum absolute atomic E-state index is 12.9. The second kappa shape index (κ2) is 4.93. The standard InChI is InChI=1S/C13H13FN4O/c1-18(10-4-2-8(14)3-5-10)13-11(12(16)19)6-9(15)7-17-13/h2-7H,15H2,1H3,(H2,16,19). The molecule has 0 aliphatic heterocycles. The van der Waals surface area contributed by atoms with Crippen LogP contribution < -0.4 is 16.4 Å². The number of amides is 1. The lowest BCUT2D eigenvalue weighted by Gasteiger charge is -2.20. The van der Waals surface area contributed by atoms with Gasteiger partial charge in [-0.05, 0) is 30.3 Å². The number of nitrogens with two attached hydrogens (primary N) is 2. The molecule has 0 saturated heterocycles. The van der Waals surface area contributed by atoms with E-state index in [1.807, 2.05) is 0 Å². The average molecular weight is 260 g/mol. The van der Waals surface area contributed by atoms with E-state index in [0.29, 0.717) is 17.2 Å². The number of rotatable bonds is 3. The zero-order chi connectivity index (χ0) is 14.0. The predicted molar refractivity (Wildman–Crippen MR) is 71.6 cm³/mol. The monoisotopic (exact) mass is 260 g/mol. The number of primary amides is 1. The van der Waals surface area contributed by atoms with Crippen molar-refractivity contribution < 1.29 is 9.18 Å². The number of benzene rings is 1. The third kappa shape index (κ3) is 2.62. The van der Waals surface area contributed by atoms with Gasteiger partial charge >= 0.3 is 0 Å². The molecule has 0 saturated carbocycles. The van der Waals surface area contributed by atoms with Gasteiger partial charge in [0.25, 0.3) is 5.91 Å². The summed E-state index contributed by atoms with van der Waals surface area (Å²) in [4.78, 5) is 17.1. The Balaban J connectivity index is 2.46. The number of pyridine rings is 1. The summed E-state index contributed by atoms with van der Waals surface area (Å²) in [7, 11) is 1.71. The maximum atomic E-state index is 12.9. The number of hydrogen-bond donors (Lipinski definition) is 2. The fourth-order valence-electron chi connectivity index (χ4n) is 1.71. The fourth-order valence-corrected chi connectivity index (χ4v) is 1.71. The molecule has 0 bridgehead atoms. The van der Waals surface area contributed by atoms with Gasteiger partial charge in [-0.3, -0.25) is 4.79 Å². The Morgan fingerprint density at radius 2 is 1.95 bits per heavy atom. The highest BCUT2D eigenvalue weighted by Crippen LogP contribution is 2.26. The number of carbonyl (C=O) groups excluding carboxylic acids is 1. The van der Waals surface area contributed by atoms with Crippen LogP contribution in [0.2, 0.25) is 0 Å². The number of nitrogens with zero attached hydrogens (tertiary/aromatic N) is 2. The van der Waals surface area contributed by atoms with Crippen LogP contribution in [0.3, 0.4) is 0 Å². The predicted octanol–water partition coefficient (Wildman–Crippen LogP) is 1.67. The zero-order valence-corrected chi connectivity index (χ0v) is 10.3. The summed E-state index contributed by atoms with van der Waals surface area (Å²) in [6, 6.07) is 7.28. The Bertz CT molecular complexity index is 613. The number of hydrogen-bond acceptors (Lipinski definition) is 4. The lowest BCUT2D eigenvalue weighted by Crippen LogP contribution is -2.20. The molecule has 0 aliphatic carbocycles. The summed E-state index contributed by atoms with van der Waals surface area (Å²) in [6.07, 6.45) is 1.43. The smallest absolute Gasteiger partial charge is 0.252 e. The topological polar surface area (TPSA) is 85.2 Å². The van der Waals surface area contributed by atoms with Crippen LogP contribution >= 0.6 is 0 Å². The van der Waals surface area contributed by atoms with Gasteiger partial charge in [-0.15, -0.1) is 0 Å². The quantitative estimate of drug-likeness (QED) is 0.879. The van der Waals surface area contributed by atoms with E-state index in [2.05, 4.69) is 4.98 Å². The summed E-state index contributed by atoms with van der Waals surface area (Å²) in [6.45, 7) is 0. The Hall–Kier alpha value is -2.63. The third-order valence-corrected chi connectivity index (χ3v) is 2.68. The van der Waals surface area contributed by atoms with Crippen molar-refractivity contribution in [2.75, 3.05) is 17.7 Å². The van der Waals surface area contributed by atoms with Crippen LogP contribution in [0.15, 0.2) is 36.5 Å². The van der Waals surface area contributed by atoms with E-state index in [0.717, 1.165) is 0 Å². The first-order chi connectivity index (χ1) is 8.99. The van der Waals surface area contributed by atoms with Crippen molar-refractivity contribution in [2.45, 2.75) is 0 Å². The first kappa shape index (κ1) is 12.8. The summed E-state index contributed by atoms with van der Waals surface area (Å²) < 4.78 is 12.9. The molecule has 1 aromatic carbocycles. The third-order valence-electron chi connectivity index (χ3n) is 2.68. The molecule has 0 spiro atoms. The number of nitrogen functional groups attached to an aromatic ring is 1. The van der Waals surface area contributed by atoms with Gasteiger partial charge in [0.05, 0.1) is 17.4 Å². The van der Waals surface area contributed by atoms with Gasteiger partial charge in [0, 0.05) is 12.7 Å². The summed E-state index contributed by atoms with van der Waals surface area (Å²) >= 11 is 0. The van der Waals surface area contributed by atoms with Crippen LogP contribution in [0.5, 0.6) is 0 Å². The number of anilines is 3. The summed E-state index contributed by atoms with van der Waals surface area (Å²) in [5.74, 6) is -0.588. The Morgan fingerprint density at radius 3 is 2.53 bits per heavy atom. The summed E-state index contributed by atoms with van der Waals surface area (Å²) in [5, 5.41) is 0. The fraction of sp³-hybridized carbons (Fsp3) is 0.0769. The average Bonchev–Trinajstić information content (AvgIpc) is 2.38. The molecular formula is C13H13FN4O. The molecule has 6 heteroatoms. The summed E-state index contributed by atoms with van der Waals surface area (Å²) in [5.41, 5.74) is 12.1. The van der Waals surface area contributed by atoms with Gasteiger partial charge in [0.1, 0.15) is 11.6 Å². The Morgan fingerprint density at radius 1 is 1.32 bits per heavy atom. The molecule has 0 radical (unpaired) electrons. The van der Waals surface area contributed by atoms with Crippen molar-refractivity contribution in [2.24, 2.45) is 5.73 Å². The van der Waals surface area contributed by atoms with E-state index in [1.165, 1.54) is 24.4 Å². The normalized spacial score (nSPS) is 10.2. The molecular weight excluding hydrogens is 247 g/mol. The zero-order valence-electron chi connectivity index (χ0n) is 10.3. The minimum absolute atomic E-state index is 0.215. The van der Waals surface area contributed by atoms with E-state index in [1.54, 1.807) is 24.1 Å². The second-order valence-corrected chi connectivity index (χ2v) is 4.04. The highest BCUT2D eigenvalue weighted by atomic mass is 19.1. The van der Waals surface area contributed by atoms with Gasteiger partial charge in [-0.1, -0.05) is 0 Å². The highest BCUT2D eigenvalue weighted by molar-refractivity contribution is 5.99. The van der Waals surface area contributed by atoms with Crippen molar-refractivity contribution >= 4 is 23.1 Å². The molecule has 1 amide bonds. The highest BCUT2D eigenvalue weighted by Gasteiger charge is 2.15. The lowest BCUT2D eigenvalue weighted by atomic mass is 10.2. The van der Waals surface area contributed by atoms with Gasteiger partial charge in [0.15, 0.2) is 0 Å².